The number of hydrogen-bond donors (Lipinski definition) is 2. The van der Waals surface area contributed by atoms with E-state index in [0.717, 1.165) is 6.08 Å². The predicted molar refractivity (Wildman–Crippen MR) is 49.7 cm³/mol. The van der Waals surface area contributed by atoms with Gasteiger partial charge in [0.1, 0.15) is 5.60 Å². The van der Waals surface area contributed by atoms with E-state index in [0.29, 0.717) is 26.1 Å². The van der Waals surface area contributed by atoms with Crippen molar-refractivity contribution in [2.75, 3.05) is 20.3 Å². The van der Waals surface area contributed by atoms with E-state index in [1.165, 1.54) is 7.11 Å². The van der Waals surface area contributed by atoms with Gasteiger partial charge in [-0.1, -0.05) is 0 Å². The van der Waals surface area contributed by atoms with Gasteiger partial charge in [0.15, 0.2) is 0 Å². The lowest BCUT2D eigenvalue weighted by molar-refractivity contribution is -0.131. The van der Waals surface area contributed by atoms with Crippen LogP contribution < -0.4 is 5.73 Å². The first kappa shape index (κ1) is 11.0. The number of carboxylic acids is 1. The first-order valence-corrected chi connectivity index (χ1v) is 4.44. The monoisotopic (exact) mass is 201 g/mol. The molecule has 0 aromatic rings. The summed E-state index contributed by atoms with van der Waals surface area (Å²) in [5.41, 5.74) is 5.30. The first-order chi connectivity index (χ1) is 6.60. The molecule has 1 aliphatic rings. The molecular formula is C9H15NO4. The van der Waals surface area contributed by atoms with Gasteiger partial charge in [-0.3, -0.25) is 0 Å². The maximum Gasteiger partial charge on any atom is 0.330 e. The predicted octanol–water partition coefficient (Wildman–Crippen LogP) is 0.109. The second-order valence-corrected chi connectivity index (χ2v) is 3.25. The topological polar surface area (TPSA) is 81.8 Å². The molecule has 0 saturated carbocycles. The second-order valence-electron chi connectivity index (χ2n) is 3.25. The lowest BCUT2D eigenvalue weighted by Crippen LogP contribution is -2.43. The van der Waals surface area contributed by atoms with Crippen LogP contribution in [0.2, 0.25) is 0 Å². The molecule has 1 rings (SSSR count). The smallest absolute Gasteiger partial charge is 0.330 e. The van der Waals surface area contributed by atoms with Gasteiger partial charge in [0.2, 0.25) is 0 Å². The summed E-state index contributed by atoms with van der Waals surface area (Å²) in [6.45, 7) is 1.09. The summed E-state index contributed by atoms with van der Waals surface area (Å²) in [7, 11) is 1.54. The van der Waals surface area contributed by atoms with E-state index in [1.54, 1.807) is 0 Å². The highest BCUT2D eigenvalue weighted by molar-refractivity contribution is 5.80. The van der Waals surface area contributed by atoms with Crippen LogP contribution in [0.4, 0.5) is 0 Å². The van der Waals surface area contributed by atoms with Crippen molar-refractivity contribution < 1.29 is 19.4 Å². The summed E-state index contributed by atoms with van der Waals surface area (Å²) < 4.78 is 10.5. The SMILES string of the molecule is COC1(C(N)=CC(=O)O)CCOCC1. The fourth-order valence-electron chi connectivity index (χ4n) is 1.58. The minimum atomic E-state index is -1.05. The van der Waals surface area contributed by atoms with Gasteiger partial charge >= 0.3 is 5.97 Å². The molecule has 1 fully saturated rings. The molecular weight excluding hydrogens is 186 g/mol. The maximum atomic E-state index is 10.5. The van der Waals surface area contributed by atoms with E-state index >= 15 is 0 Å². The van der Waals surface area contributed by atoms with Crippen LogP contribution in [-0.2, 0) is 14.3 Å². The first-order valence-electron chi connectivity index (χ1n) is 4.44. The largest absolute Gasteiger partial charge is 0.478 e. The average Bonchev–Trinajstić information content (AvgIpc) is 2.18. The van der Waals surface area contributed by atoms with Gasteiger partial charge in [-0.05, 0) is 0 Å². The molecule has 0 bridgehead atoms. The molecule has 5 nitrogen and oxygen atoms in total. The van der Waals surface area contributed by atoms with Crippen molar-refractivity contribution in [3.8, 4) is 0 Å². The molecule has 5 heteroatoms. The fourth-order valence-corrected chi connectivity index (χ4v) is 1.58. The van der Waals surface area contributed by atoms with Crippen LogP contribution in [0.25, 0.3) is 0 Å². The van der Waals surface area contributed by atoms with Crippen LogP contribution in [0.15, 0.2) is 11.8 Å². The number of rotatable bonds is 3. The van der Waals surface area contributed by atoms with Crippen molar-refractivity contribution in [3.05, 3.63) is 11.8 Å². The van der Waals surface area contributed by atoms with Crippen LogP contribution in [0.3, 0.4) is 0 Å². The quantitative estimate of drug-likeness (QED) is 0.633. The second kappa shape index (κ2) is 4.43. The number of hydrogen-bond acceptors (Lipinski definition) is 4. The number of aliphatic carboxylic acids is 1. The average molecular weight is 201 g/mol. The van der Waals surface area contributed by atoms with Crippen LogP contribution in [0, 0.1) is 0 Å². The zero-order chi connectivity index (χ0) is 10.6. The maximum absolute atomic E-state index is 10.5. The molecule has 80 valence electrons. The number of ether oxygens (including phenoxy) is 2. The zero-order valence-electron chi connectivity index (χ0n) is 8.16. The summed E-state index contributed by atoms with van der Waals surface area (Å²) in [4.78, 5) is 10.5. The van der Waals surface area contributed by atoms with Gasteiger partial charge in [-0.25, -0.2) is 4.79 Å². The highest BCUT2D eigenvalue weighted by atomic mass is 16.5. The highest BCUT2D eigenvalue weighted by Crippen LogP contribution is 2.29. The van der Waals surface area contributed by atoms with Crippen LogP contribution >= 0.6 is 0 Å². The van der Waals surface area contributed by atoms with E-state index in [9.17, 15) is 4.79 Å². The summed E-state index contributed by atoms with van der Waals surface area (Å²) in [5, 5.41) is 8.58. The van der Waals surface area contributed by atoms with Crippen LogP contribution in [0.5, 0.6) is 0 Å². The van der Waals surface area contributed by atoms with Crippen LogP contribution in [-0.4, -0.2) is 37.0 Å². The van der Waals surface area contributed by atoms with Gasteiger partial charge in [-0.15, -0.1) is 0 Å². The Balaban J connectivity index is 2.82. The number of nitrogens with two attached hydrogens (primary N) is 1. The van der Waals surface area contributed by atoms with Crippen molar-refractivity contribution in [1.82, 2.24) is 0 Å². The molecule has 1 aliphatic heterocycles. The highest BCUT2D eigenvalue weighted by Gasteiger charge is 2.35. The molecule has 0 aromatic heterocycles. The minimum absolute atomic E-state index is 0.260. The zero-order valence-corrected chi connectivity index (χ0v) is 8.16. The fraction of sp³-hybridized carbons (Fsp3) is 0.667. The molecule has 1 saturated heterocycles. The van der Waals surface area contributed by atoms with E-state index in [-0.39, 0.29) is 5.70 Å². The Kier molecular flexibility index (Phi) is 3.49. The van der Waals surface area contributed by atoms with Gasteiger partial charge in [-0.2, -0.15) is 0 Å². The van der Waals surface area contributed by atoms with Crippen molar-refractivity contribution in [2.24, 2.45) is 5.73 Å². The van der Waals surface area contributed by atoms with Gasteiger partial charge in [0.05, 0.1) is 0 Å². The molecule has 14 heavy (non-hydrogen) atoms. The third-order valence-corrected chi connectivity index (χ3v) is 2.50. The lowest BCUT2D eigenvalue weighted by Gasteiger charge is -2.36. The Morgan fingerprint density at radius 3 is 2.57 bits per heavy atom. The summed E-state index contributed by atoms with van der Waals surface area (Å²) in [5.74, 6) is -1.05. The molecule has 0 spiro atoms. The molecule has 1 heterocycles. The molecule has 3 N–H and O–H groups in total. The van der Waals surface area contributed by atoms with E-state index in [2.05, 4.69) is 0 Å². The van der Waals surface area contributed by atoms with Crippen LogP contribution in [0.1, 0.15) is 12.8 Å². The molecule has 0 unspecified atom stereocenters. The lowest BCUT2D eigenvalue weighted by atomic mass is 9.90. The minimum Gasteiger partial charge on any atom is -0.478 e. The summed E-state index contributed by atoms with van der Waals surface area (Å²) in [6.07, 6.45) is 2.19. The van der Waals surface area contributed by atoms with Gasteiger partial charge in [0.25, 0.3) is 0 Å². The number of carboxylic acid groups (broad SMARTS) is 1. The van der Waals surface area contributed by atoms with Crippen molar-refractivity contribution in [2.45, 2.75) is 18.4 Å². The third-order valence-electron chi connectivity index (χ3n) is 2.50. The Labute approximate surface area is 82.5 Å². The van der Waals surface area contributed by atoms with E-state index in [4.69, 9.17) is 20.3 Å². The normalized spacial score (nSPS) is 21.9. The summed E-state index contributed by atoms with van der Waals surface area (Å²) in [6, 6.07) is 0. The Hall–Kier alpha value is -1.07. The number of carbonyl (C=O) groups is 1. The molecule has 0 aromatic carbocycles. The van der Waals surface area contributed by atoms with E-state index in [1.807, 2.05) is 0 Å². The molecule has 0 atom stereocenters. The Morgan fingerprint density at radius 1 is 1.57 bits per heavy atom. The molecule has 0 aliphatic carbocycles. The van der Waals surface area contributed by atoms with E-state index < -0.39 is 11.6 Å². The molecule has 0 radical (unpaired) electrons. The summed E-state index contributed by atoms with van der Waals surface area (Å²) >= 11 is 0. The van der Waals surface area contributed by atoms with Crippen molar-refractivity contribution >= 4 is 5.97 Å². The standard InChI is InChI=1S/C9H15NO4/c1-13-9(2-4-14-5-3-9)7(10)6-8(11)12/h6H,2-5,10H2,1H3,(H,11,12). The third kappa shape index (κ3) is 2.24. The Bertz CT molecular complexity index is 243. The van der Waals surface area contributed by atoms with Gasteiger partial charge in [0, 0.05) is 44.9 Å². The Morgan fingerprint density at radius 2 is 2.14 bits per heavy atom. The van der Waals surface area contributed by atoms with Gasteiger partial charge < -0.3 is 20.3 Å². The molecule has 0 amide bonds. The van der Waals surface area contributed by atoms with Crippen molar-refractivity contribution in [1.29, 1.82) is 0 Å². The van der Waals surface area contributed by atoms with Crippen molar-refractivity contribution in [3.63, 3.8) is 0 Å². The number of methoxy groups -OCH3 is 1.